The van der Waals surface area contributed by atoms with Gasteiger partial charge in [0.15, 0.2) is 5.13 Å². The van der Waals surface area contributed by atoms with E-state index in [0.29, 0.717) is 17.5 Å². The van der Waals surface area contributed by atoms with Crippen molar-refractivity contribution >= 4 is 28.3 Å². The molecule has 124 valence electrons. The van der Waals surface area contributed by atoms with Crippen molar-refractivity contribution < 1.29 is 9.59 Å². The van der Waals surface area contributed by atoms with Crippen LogP contribution in [0.15, 0.2) is 11.6 Å². The van der Waals surface area contributed by atoms with E-state index in [4.69, 9.17) is 0 Å². The van der Waals surface area contributed by atoms with E-state index in [9.17, 15) is 9.59 Å². The molecular formula is C17H23N3O2S. The van der Waals surface area contributed by atoms with Gasteiger partial charge in [0.1, 0.15) is 6.04 Å². The Labute approximate surface area is 140 Å². The summed E-state index contributed by atoms with van der Waals surface area (Å²) in [5.41, 5.74) is 0. The zero-order valence-corrected chi connectivity index (χ0v) is 14.1. The maximum atomic E-state index is 12.7. The molecule has 2 amide bonds. The topological polar surface area (TPSA) is 62.3 Å². The molecule has 4 atom stereocenters. The third kappa shape index (κ3) is 3.01. The molecule has 1 aromatic rings. The second-order valence-electron chi connectivity index (χ2n) is 7.21. The molecule has 3 aliphatic rings. The molecule has 1 saturated heterocycles. The van der Waals surface area contributed by atoms with Crippen LogP contribution in [0.1, 0.15) is 44.9 Å². The second-order valence-corrected chi connectivity index (χ2v) is 8.11. The summed E-state index contributed by atoms with van der Waals surface area (Å²) in [7, 11) is 0. The average molecular weight is 333 g/mol. The summed E-state index contributed by atoms with van der Waals surface area (Å²) in [5, 5.41) is 5.29. The fourth-order valence-corrected chi connectivity index (χ4v) is 5.31. The van der Waals surface area contributed by atoms with Crippen LogP contribution in [-0.4, -0.2) is 34.3 Å². The van der Waals surface area contributed by atoms with Gasteiger partial charge in [-0.15, -0.1) is 11.3 Å². The maximum absolute atomic E-state index is 12.7. The van der Waals surface area contributed by atoms with Crippen molar-refractivity contribution in [3.8, 4) is 0 Å². The largest absolute Gasteiger partial charge is 0.331 e. The molecule has 0 aromatic carbocycles. The Hall–Kier alpha value is -1.43. The van der Waals surface area contributed by atoms with Gasteiger partial charge >= 0.3 is 0 Å². The lowest BCUT2D eigenvalue weighted by Crippen LogP contribution is -2.43. The lowest BCUT2D eigenvalue weighted by Gasteiger charge is -2.27. The van der Waals surface area contributed by atoms with Crippen molar-refractivity contribution in [2.45, 2.75) is 51.0 Å². The number of hydrogen-bond donors (Lipinski definition) is 1. The minimum atomic E-state index is -0.315. The van der Waals surface area contributed by atoms with E-state index >= 15 is 0 Å². The quantitative estimate of drug-likeness (QED) is 0.921. The average Bonchev–Trinajstić information content (AvgIpc) is 3.31. The van der Waals surface area contributed by atoms with Crippen LogP contribution in [0.5, 0.6) is 0 Å². The number of carbonyl (C=O) groups is 2. The smallest absolute Gasteiger partial charge is 0.248 e. The number of rotatable bonds is 4. The van der Waals surface area contributed by atoms with Crippen LogP contribution < -0.4 is 5.32 Å². The van der Waals surface area contributed by atoms with Crippen LogP contribution in [0.2, 0.25) is 0 Å². The third-order valence-electron chi connectivity index (χ3n) is 5.86. The molecule has 1 N–H and O–H groups in total. The molecule has 2 bridgehead atoms. The molecule has 2 saturated carbocycles. The van der Waals surface area contributed by atoms with Crippen LogP contribution in [0.4, 0.5) is 5.13 Å². The van der Waals surface area contributed by atoms with Crippen molar-refractivity contribution in [2.24, 2.45) is 17.8 Å². The van der Waals surface area contributed by atoms with Gasteiger partial charge in [-0.25, -0.2) is 4.98 Å². The highest BCUT2D eigenvalue weighted by Crippen LogP contribution is 2.49. The van der Waals surface area contributed by atoms with E-state index in [2.05, 4.69) is 10.3 Å². The molecule has 23 heavy (non-hydrogen) atoms. The highest BCUT2D eigenvalue weighted by Gasteiger charge is 2.42. The lowest BCUT2D eigenvalue weighted by molar-refractivity contribution is -0.137. The monoisotopic (exact) mass is 333 g/mol. The third-order valence-corrected chi connectivity index (χ3v) is 6.55. The van der Waals surface area contributed by atoms with Gasteiger partial charge in [-0.3, -0.25) is 9.59 Å². The molecule has 5 nitrogen and oxygen atoms in total. The summed E-state index contributed by atoms with van der Waals surface area (Å²) in [5.74, 6) is 2.28. The summed E-state index contributed by atoms with van der Waals surface area (Å²) in [6.45, 7) is 0.718. The molecule has 3 fully saturated rings. The maximum Gasteiger partial charge on any atom is 0.248 e. The Morgan fingerprint density at radius 3 is 2.91 bits per heavy atom. The van der Waals surface area contributed by atoms with Gasteiger partial charge in [-0.2, -0.15) is 0 Å². The van der Waals surface area contributed by atoms with Crippen LogP contribution in [0.25, 0.3) is 0 Å². The summed E-state index contributed by atoms with van der Waals surface area (Å²) in [6, 6.07) is -0.315. The van der Waals surface area contributed by atoms with E-state index in [-0.39, 0.29) is 17.9 Å². The van der Waals surface area contributed by atoms with Gasteiger partial charge in [0.25, 0.3) is 0 Å². The molecule has 0 radical (unpaired) electrons. The number of hydrogen-bond acceptors (Lipinski definition) is 4. The Bertz CT molecular complexity index is 589. The van der Waals surface area contributed by atoms with Gasteiger partial charge in [0, 0.05) is 24.5 Å². The summed E-state index contributed by atoms with van der Waals surface area (Å²) < 4.78 is 0. The molecule has 4 rings (SSSR count). The number of likely N-dealkylation sites (tertiary alicyclic amines) is 1. The molecule has 0 spiro atoms. The first-order chi connectivity index (χ1) is 11.2. The second kappa shape index (κ2) is 6.23. The minimum absolute atomic E-state index is 0.0845. The van der Waals surface area contributed by atoms with Crippen LogP contribution >= 0.6 is 11.3 Å². The first-order valence-electron chi connectivity index (χ1n) is 8.70. The molecule has 0 unspecified atom stereocenters. The zero-order chi connectivity index (χ0) is 15.8. The van der Waals surface area contributed by atoms with Crippen molar-refractivity contribution in [3.63, 3.8) is 0 Å². The first-order valence-corrected chi connectivity index (χ1v) is 9.58. The van der Waals surface area contributed by atoms with Gasteiger partial charge in [-0.05, 0) is 49.9 Å². The summed E-state index contributed by atoms with van der Waals surface area (Å²) in [4.78, 5) is 31.1. The number of nitrogens with one attached hydrogen (secondary N) is 1. The standard InChI is InChI=1S/C17H23N3O2S/c21-15(10-13-9-11-3-4-12(13)8-11)20-6-1-2-14(20)16(22)19-17-18-5-7-23-17/h5,7,11-14H,1-4,6,8-10H2,(H,18,19,22)/t11-,12-,13-,14+/m0/s1. The predicted octanol–water partition coefficient (Wildman–Crippen LogP) is 2.90. The number of fused-ring (bicyclic) bond motifs is 2. The Morgan fingerprint density at radius 2 is 2.22 bits per heavy atom. The van der Waals surface area contributed by atoms with E-state index in [1.165, 1.54) is 37.0 Å². The number of anilines is 1. The molecule has 2 aliphatic carbocycles. The fourth-order valence-electron chi connectivity index (χ4n) is 4.78. The first kappa shape index (κ1) is 15.1. The van der Waals surface area contributed by atoms with Gasteiger partial charge in [0.2, 0.25) is 11.8 Å². The highest BCUT2D eigenvalue weighted by atomic mass is 32.1. The molecular weight excluding hydrogens is 310 g/mol. The minimum Gasteiger partial charge on any atom is -0.331 e. The number of aromatic nitrogens is 1. The number of thiazole rings is 1. The van der Waals surface area contributed by atoms with Gasteiger partial charge < -0.3 is 10.2 Å². The van der Waals surface area contributed by atoms with Crippen molar-refractivity contribution in [1.29, 1.82) is 0 Å². The Morgan fingerprint density at radius 1 is 1.30 bits per heavy atom. The molecule has 2 heterocycles. The number of amides is 2. The fraction of sp³-hybridized carbons (Fsp3) is 0.706. The van der Waals surface area contributed by atoms with Crippen LogP contribution in [0.3, 0.4) is 0 Å². The summed E-state index contributed by atoms with van der Waals surface area (Å²) >= 11 is 1.41. The van der Waals surface area contributed by atoms with Crippen molar-refractivity contribution in [1.82, 2.24) is 9.88 Å². The number of nitrogens with zero attached hydrogens (tertiary/aromatic N) is 2. The van der Waals surface area contributed by atoms with Crippen molar-refractivity contribution in [2.75, 3.05) is 11.9 Å². The lowest BCUT2D eigenvalue weighted by atomic mass is 9.86. The Balaban J connectivity index is 1.37. The number of carbonyl (C=O) groups excluding carboxylic acids is 2. The van der Waals surface area contributed by atoms with E-state index in [0.717, 1.165) is 31.2 Å². The van der Waals surface area contributed by atoms with Gasteiger partial charge in [-0.1, -0.05) is 6.42 Å². The van der Waals surface area contributed by atoms with Crippen molar-refractivity contribution in [3.05, 3.63) is 11.6 Å². The van der Waals surface area contributed by atoms with E-state index in [1.54, 1.807) is 6.20 Å². The summed E-state index contributed by atoms with van der Waals surface area (Å²) in [6.07, 6.45) is 9.20. The molecule has 1 aromatic heterocycles. The zero-order valence-electron chi connectivity index (χ0n) is 13.2. The molecule has 1 aliphatic heterocycles. The normalized spacial score (nSPS) is 32.4. The van der Waals surface area contributed by atoms with E-state index < -0.39 is 0 Å². The predicted molar refractivity (Wildman–Crippen MR) is 89.0 cm³/mol. The van der Waals surface area contributed by atoms with Crippen LogP contribution in [0, 0.1) is 17.8 Å². The Kier molecular flexibility index (Phi) is 4.09. The van der Waals surface area contributed by atoms with E-state index in [1.807, 2.05) is 10.3 Å². The van der Waals surface area contributed by atoms with Crippen LogP contribution in [-0.2, 0) is 9.59 Å². The van der Waals surface area contributed by atoms with Gasteiger partial charge in [0.05, 0.1) is 0 Å². The SMILES string of the molecule is O=C(Nc1nccs1)[C@H]1CCCN1C(=O)C[C@@H]1C[C@H]2CC[C@H]1C2. The molecule has 6 heteroatoms. The highest BCUT2D eigenvalue weighted by molar-refractivity contribution is 7.13.